The summed E-state index contributed by atoms with van der Waals surface area (Å²) < 4.78 is 2.92. The van der Waals surface area contributed by atoms with Gasteiger partial charge in [0.25, 0.3) is 0 Å². The molecule has 0 bridgehead atoms. The van der Waals surface area contributed by atoms with E-state index in [1.807, 2.05) is 27.2 Å². The predicted octanol–water partition coefficient (Wildman–Crippen LogP) is 2.45. The van der Waals surface area contributed by atoms with Crippen LogP contribution in [0.1, 0.15) is 5.69 Å². The van der Waals surface area contributed by atoms with Crippen molar-refractivity contribution in [3.63, 3.8) is 0 Å². The predicted molar refractivity (Wildman–Crippen MR) is 79.9 cm³/mol. The monoisotopic (exact) mass is 426 g/mol. The lowest BCUT2D eigenvalue weighted by atomic mass is 10.2. The van der Waals surface area contributed by atoms with Crippen molar-refractivity contribution < 1.29 is 2.78 Å². The Morgan fingerprint density at radius 3 is 2.80 bits per heavy atom. The molecular weight excluding hydrogens is 416 g/mol. The number of hydrogen-bond donors (Lipinski definition) is 1. The highest BCUT2D eigenvalue weighted by molar-refractivity contribution is 14.1. The van der Waals surface area contributed by atoms with Crippen LogP contribution in [-0.4, -0.2) is 6.34 Å². The average Bonchev–Trinajstić information content (AvgIpc) is 2.26. The molecule has 1 aromatic rings. The van der Waals surface area contributed by atoms with E-state index < -0.39 is 0 Å². The molecular formula is C10H10I2N3+. The maximum atomic E-state index is 5.33. The van der Waals surface area contributed by atoms with Gasteiger partial charge in [-0.15, -0.1) is 2.78 Å². The first-order chi connectivity index (χ1) is 7.20. The number of aliphatic imine (C=N–C) groups is 1. The van der Waals surface area contributed by atoms with Crippen LogP contribution in [0, 0.1) is 0 Å². The van der Waals surface area contributed by atoms with Crippen molar-refractivity contribution in [2.45, 2.75) is 0 Å². The van der Waals surface area contributed by atoms with Crippen molar-refractivity contribution >= 4 is 57.5 Å². The summed E-state index contributed by atoms with van der Waals surface area (Å²) >= 11 is 4.38. The quantitative estimate of drug-likeness (QED) is 0.343. The van der Waals surface area contributed by atoms with Gasteiger partial charge in [-0.25, -0.2) is 4.99 Å². The number of aromatic nitrogens is 1. The average molecular weight is 426 g/mol. The Hall–Kier alpha value is -0.440. The Kier molecular flexibility index (Phi) is 5.23. The molecule has 2 N–H and O–H groups in total. The number of nitrogens with two attached hydrogens (primary N) is 1. The molecule has 0 aliphatic heterocycles. The molecule has 0 aliphatic carbocycles. The van der Waals surface area contributed by atoms with E-state index in [0.29, 0.717) is 0 Å². The zero-order chi connectivity index (χ0) is 11.3. The second-order valence-electron chi connectivity index (χ2n) is 2.58. The van der Waals surface area contributed by atoms with E-state index >= 15 is 0 Å². The zero-order valence-electron chi connectivity index (χ0n) is 7.90. The van der Waals surface area contributed by atoms with Crippen LogP contribution < -0.4 is 8.51 Å². The molecule has 5 heteroatoms. The molecule has 0 amide bonds. The third-order valence-corrected chi connectivity index (χ3v) is 3.46. The van der Waals surface area contributed by atoms with Crippen LogP contribution in [0.15, 0.2) is 45.6 Å². The van der Waals surface area contributed by atoms with Crippen LogP contribution in [0.2, 0.25) is 0 Å². The minimum atomic E-state index is 0.822. The summed E-state index contributed by atoms with van der Waals surface area (Å²) in [5, 5.41) is 0. The Labute approximate surface area is 116 Å². The lowest BCUT2D eigenvalue weighted by Crippen LogP contribution is -2.24. The van der Waals surface area contributed by atoms with Crippen molar-refractivity contribution in [3.8, 4) is 0 Å². The molecule has 0 fully saturated rings. The molecule has 3 nitrogen and oxygen atoms in total. The first-order valence-corrected chi connectivity index (χ1v) is 6.18. The molecule has 0 aliphatic rings. The molecule has 0 saturated heterocycles. The number of allylic oxidation sites excluding steroid dienone is 2. The summed E-state index contributed by atoms with van der Waals surface area (Å²) in [5.74, 6) is 0. The molecule has 0 spiro atoms. The Balaban J connectivity index is 3.35. The van der Waals surface area contributed by atoms with E-state index in [4.69, 9.17) is 5.73 Å². The van der Waals surface area contributed by atoms with Gasteiger partial charge in [0.2, 0.25) is 5.69 Å². The molecule has 0 saturated carbocycles. The van der Waals surface area contributed by atoms with Crippen LogP contribution in [0.4, 0.5) is 0 Å². The van der Waals surface area contributed by atoms with Crippen LogP contribution in [0.5, 0.6) is 0 Å². The van der Waals surface area contributed by atoms with Crippen LogP contribution in [0.25, 0.3) is 5.70 Å². The summed E-state index contributed by atoms with van der Waals surface area (Å²) in [6.45, 7) is 3.73. The van der Waals surface area contributed by atoms with Crippen molar-refractivity contribution in [3.05, 3.63) is 46.3 Å². The molecule has 15 heavy (non-hydrogen) atoms. The lowest BCUT2D eigenvalue weighted by molar-refractivity contribution is -0.443. The van der Waals surface area contributed by atoms with Crippen molar-refractivity contribution in [1.82, 2.24) is 0 Å². The molecule has 78 valence electrons. The molecule has 0 radical (unpaired) electrons. The standard InChI is InChI=1S/C10H10I2N3/c1-2-8(11)10(14-7-13)9-5-3-4-6-15(9)12/h2-7H,1H2,(H2,13,14)/q+1/b10-8+. The molecule has 0 unspecified atom stereocenters. The van der Waals surface area contributed by atoms with Gasteiger partial charge >= 0.3 is 22.9 Å². The fourth-order valence-corrected chi connectivity index (χ4v) is 2.02. The van der Waals surface area contributed by atoms with Gasteiger partial charge in [0.1, 0.15) is 0 Å². The fraction of sp³-hybridized carbons (Fsp3) is 0. The number of nitrogens with zero attached hydrogens (tertiary/aromatic N) is 2. The van der Waals surface area contributed by atoms with Gasteiger partial charge in [0, 0.05) is 15.7 Å². The first kappa shape index (κ1) is 12.6. The van der Waals surface area contributed by atoms with E-state index in [9.17, 15) is 0 Å². The lowest BCUT2D eigenvalue weighted by Gasteiger charge is -1.99. The van der Waals surface area contributed by atoms with Gasteiger partial charge in [-0.3, -0.25) is 0 Å². The number of hydrogen-bond acceptors (Lipinski definition) is 1. The second kappa shape index (κ2) is 6.21. The molecule has 1 rings (SSSR count). The van der Waals surface area contributed by atoms with E-state index in [1.165, 1.54) is 6.34 Å². The first-order valence-electron chi connectivity index (χ1n) is 4.14. The maximum Gasteiger partial charge on any atom is 0.354 e. The summed E-state index contributed by atoms with van der Waals surface area (Å²) in [6, 6.07) is 5.90. The van der Waals surface area contributed by atoms with Crippen molar-refractivity contribution in [2.24, 2.45) is 10.7 Å². The van der Waals surface area contributed by atoms with E-state index in [-0.39, 0.29) is 0 Å². The normalized spacial score (nSPS) is 12.7. The highest BCUT2D eigenvalue weighted by Crippen LogP contribution is 2.22. The zero-order valence-corrected chi connectivity index (χ0v) is 12.2. The van der Waals surface area contributed by atoms with E-state index in [2.05, 4.69) is 57.0 Å². The van der Waals surface area contributed by atoms with Gasteiger partial charge in [-0.1, -0.05) is 12.7 Å². The molecule has 0 aromatic carbocycles. The van der Waals surface area contributed by atoms with Crippen molar-refractivity contribution in [2.75, 3.05) is 0 Å². The van der Waals surface area contributed by atoms with Crippen molar-refractivity contribution in [1.29, 1.82) is 0 Å². The highest BCUT2D eigenvalue weighted by atomic mass is 127. The topological polar surface area (TPSA) is 42.3 Å². The van der Waals surface area contributed by atoms with E-state index in [0.717, 1.165) is 15.0 Å². The Bertz CT molecular complexity index is 424. The highest BCUT2D eigenvalue weighted by Gasteiger charge is 2.14. The molecule has 1 heterocycles. The van der Waals surface area contributed by atoms with Gasteiger partial charge in [-0.2, -0.15) is 0 Å². The minimum Gasteiger partial charge on any atom is -0.390 e. The van der Waals surface area contributed by atoms with Crippen LogP contribution in [-0.2, 0) is 0 Å². The van der Waals surface area contributed by atoms with Gasteiger partial charge < -0.3 is 5.73 Å². The minimum absolute atomic E-state index is 0.822. The van der Waals surface area contributed by atoms with Crippen LogP contribution in [0.3, 0.4) is 0 Å². The third kappa shape index (κ3) is 3.26. The molecule has 0 atom stereocenters. The summed E-state index contributed by atoms with van der Waals surface area (Å²) in [5.41, 5.74) is 7.15. The summed E-state index contributed by atoms with van der Waals surface area (Å²) in [6.07, 6.45) is 5.00. The largest absolute Gasteiger partial charge is 0.390 e. The SMILES string of the molecule is C=C/C(I)=C(\N=C/N)c1cccc[n+]1I. The third-order valence-electron chi connectivity index (χ3n) is 1.66. The number of pyridine rings is 1. The Morgan fingerprint density at radius 1 is 1.53 bits per heavy atom. The van der Waals surface area contributed by atoms with Gasteiger partial charge in [0.05, 0.1) is 6.34 Å². The Morgan fingerprint density at radius 2 is 2.27 bits per heavy atom. The number of halogens is 2. The summed E-state index contributed by atoms with van der Waals surface area (Å²) in [4.78, 5) is 4.15. The maximum absolute atomic E-state index is 5.33. The fourth-order valence-electron chi connectivity index (χ4n) is 1.02. The van der Waals surface area contributed by atoms with Crippen LogP contribution >= 0.6 is 45.5 Å². The van der Waals surface area contributed by atoms with E-state index in [1.54, 1.807) is 6.08 Å². The second-order valence-corrected chi connectivity index (χ2v) is 4.78. The van der Waals surface area contributed by atoms with Gasteiger partial charge in [0.15, 0.2) is 11.9 Å². The number of rotatable bonds is 3. The smallest absolute Gasteiger partial charge is 0.354 e. The molecule has 1 aromatic heterocycles. The van der Waals surface area contributed by atoms with Gasteiger partial charge in [-0.05, 0) is 28.7 Å². The summed E-state index contributed by atoms with van der Waals surface area (Å²) in [7, 11) is 0.